The number of aromatic nitrogens is 3. The number of nitro groups is 1. The number of aliphatic hydroxyl groups is 1. The number of nitrogens with one attached hydrogen (secondary N) is 1. The van der Waals surface area contributed by atoms with Gasteiger partial charge in [0.25, 0.3) is 5.69 Å². The highest BCUT2D eigenvalue weighted by atomic mass is 35.5. The van der Waals surface area contributed by atoms with E-state index >= 15 is 0 Å². The van der Waals surface area contributed by atoms with E-state index in [4.69, 9.17) is 21.1 Å². The zero-order valence-electron chi connectivity index (χ0n) is 32.2. The van der Waals surface area contributed by atoms with Gasteiger partial charge in [-0.2, -0.15) is 5.10 Å². The number of hydrogen-bond donors (Lipinski definition) is 2. The minimum Gasteiger partial charge on any atom is -0.493 e. The Hall–Kier alpha value is -5.06. The minimum atomic E-state index is -4.20. The first kappa shape index (κ1) is 44.1. The number of unbranched alkanes of at least 4 members (excludes halogenated alkanes) is 1. The number of benzene rings is 4. The molecule has 308 valence electrons. The Morgan fingerprint density at radius 2 is 1.78 bits per heavy atom. The van der Waals surface area contributed by atoms with Crippen LogP contribution in [0.5, 0.6) is 5.75 Å². The second-order valence-corrected chi connectivity index (χ2v) is 15.5. The molecule has 0 radical (unpaired) electrons. The van der Waals surface area contributed by atoms with Crippen LogP contribution in [0.3, 0.4) is 0 Å². The Bertz CT molecular complexity index is 2580. The second-order valence-electron chi connectivity index (χ2n) is 13.3. The maximum Gasteiger partial charge on any atom is 0.355 e. The number of aliphatic hydroxyl groups excluding tert-OH is 1. The van der Waals surface area contributed by atoms with Gasteiger partial charge in [-0.05, 0) is 86.4 Å². The van der Waals surface area contributed by atoms with Crippen LogP contribution in [0.25, 0.3) is 32.8 Å². The molecule has 0 amide bonds. The van der Waals surface area contributed by atoms with Crippen LogP contribution in [0.15, 0.2) is 77.7 Å². The Morgan fingerprint density at radius 1 is 1.02 bits per heavy atom. The smallest absolute Gasteiger partial charge is 0.355 e. The number of sulfonamides is 1. The quantitative estimate of drug-likeness (QED) is 0.0374. The van der Waals surface area contributed by atoms with Crippen molar-refractivity contribution in [2.45, 2.75) is 64.0 Å². The lowest BCUT2D eigenvalue weighted by Crippen LogP contribution is -2.25. The lowest BCUT2D eigenvalue weighted by Gasteiger charge is -2.15. The molecule has 0 unspecified atom stereocenters. The SMILES string of the molecule is CCOC(=O)c1c(CCCOc2cccc3cc(F)ccc23)c2ccc(Cl)c(-c3c(CO)nn(C)c3CC)c2n1CCCCNS(=O)(=O)c1ccccc1[N+](=O)[O-].Cl. The van der Waals surface area contributed by atoms with Gasteiger partial charge in [0.2, 0.25) is 10.0 Å². The first-order chi connectivity index (χ1) is 27.4. The van der Waals surface area contributed by atoms with Crippen LogP contribution in [-0.4, -0.2) is 58.5 Å². The minimum absolute atomic E-state index is 0. The van der Waals surface area contributed by atoms with Gasteiger partial charge in [-0.15, -0.1) is 12.4 Å². The molecular formula is C41H44Cl2FN5O8S. The van der Waals surface area contributed by atoms with Crippen LogP contribution in [-0.2, 0) is 47.8 Å². The van der Waals surface area contributed by atoms with Crippen molar-refractivity contribution < 1.29 is 37.1 Å². The second kappa shape index (κ2) is 19.1. The summed E-state index contributed by atoms with van der Waals surface area (Å²) in [5.41, 5.74) is 3.62. The molecule has 4 aromatic carbocycles. The summed E-state index contributed by atoms with van der Waals surface area (Å²) in [5.74, 6) is -0.290. The standard InChI is InChI=1S/C41H43ClFN5O8S.ClH/c1-4-33-38(32(25-49)45-46(33)3)37-31(42)20-19-30-29(13-11-23-56-35-15-10-12-26-24-27(43)17-18-28(26)35)40(41(50)55-5-2)47(39(30)37)22-9-8-21-44-57(53,54)36-16-7-6-14-34(36)48(51)52;/h6-7,10,12,14-20,24,44,49H,4-5,8-9,11,13,21-23,25H2,1-3H3;1H. The number of rotatable bonds is 18. The molecule has 0 fully saturated rings. The number of halogens is 3. The van der Waals surface area contributed by atoms with Gasteiger partial charge < -0.3 is 19.1 Å². The van der Waals surface area contributed by atoms with Crippen molar-refractivity contribution >= 4 is 67.4 Å². The molecule has 0 spiro atoms. The van der Waals surface area contributed by atoms with Gasteiger partial charge in [-0.1, -0.05) is 48.9 Å². The molecule has 17 heteroatoms. The molecule has 6 aromatic rings. The van der Waals surface area contributed by atoms with E-state index in [0.29, 0.717) is 81.9 Å². The maximum atomic E-state index is 14.0. The topological polar surface area (TPSA) is 168 Å². The van der Waals surface area contributed by atoms with Crippen LogP contribution >= 0.6 is 24.0 Å². The first-order valence-corrected chi connectivity index (χ1v) is 20.5. The molecular weight excluding hydrogens is 812 g/mol. The molecule has 58 heavy (non-hydrogen) atoms. The van der Waals surface area contributed by atoms with E-state index in [-0.39, 0.29) is 51.1 Å². The van der Waals surface area contributed by atoms with Crippen molar-refractivity contribution in [2.75, 3.05) is 19.8 Å². The normalized spacial score (nSPS) is 11.6. The van der Waals surface area contributed by atoms with Crippen molar-refractivity contribution in [1.82, 2.24) is 19.1 Å². The highest BCUT2D eigenvalue weighted by Gasteiger charge is 2.30. The molecule has 0 bridgehead atoms. The molecule has 0 aliphatic carbocycles. The Labute approximate surface area is 346 Å². The molecule has 0 atom stereocenters. The highest BCUT2D eigenvalue weighted by Crippen LogP contribution is 2.43. The number of ether oxygens (including phenoxy) is 2. The van der Waals surface area contributed by atoms with E-state index in [1.165, 1.54) is 30.3 Å². The van der Waals surface area contributed by atoms with Gasteiger partial charge in [0.05, 0.1) is 41.0 Å². The van der Waals surface area contributed by atoms with E-state index < -0.39 is 31.5 Å². The largest absolute Gasteiger partial charge is 0.493 e. The Morgan fingerprint density at radius 3 is 2.50 bits per heavy atom. The van der Waals surface area contributed by atoms with E-state index in [1.807, 2.05) is 29.7 Å². The van der Waals surface area contributed by atoms with Crippen LogP contribution in [0.1, 0.15) is 60.5 Å². The Kier molecular flexibility index (Phi) is 14.5. The summed E-state index contributed by atoms with van der Waals surface area (Å²) >= 11 is 7.04. The van der Waals surface area contributed by atoms with Gasteiger partial charge in [0, 0.05) is 53.8 Å². The molecule has 2 aromatic heterocycles. The summed E-state index contributed by atoms with van der Waals surface area (Å²) in [5, 5.41) is 29.1. The van der Waals surface area contributed by atoms with Crippen LogP contribution < -0.4 is 9.46 Å². The van der Waals surface area contributed by atoms with E-state index in [0.717, 1.165) is 22.5 Å². The van der Waals surface area contributed by atoms with E-state index in [9.17, 15) is 32.8 Å². The van der Waals surface area contributed by atoms with Crippen LogP contribution in [0.2, 0.25) is 5.02 Å². The highest BCUT2D eigenvalue weighted by molar-refractivity contribution is 7.89. The fourth-order valence-corrected chi connectivity index (χ4v) is 8.85. The summed E-state index contributed by atoms with van der Waals surface area (Å²) in [6, 6.07) is 18.7. The van der Waals surface area contributed by atoms with Gasteiger partial charge >= 0.3 is 5.97 Å². The summed E-state index contributed by atoms with van der Waals surface area (Å²) in [7, 11) is -2.41. The number of para-hydroxylation sites is 1. The van der Waals surface area contributed by atoms with Crippen LogP contribution in [0.4, 0.5) is 10.1 Å². The van der Waals surface area contributed by atoms with E-state index in [2.05, 4.69) is 9.82 Å². The fraction of sp³-hybridized carbons (Fsp3) is 0.317. The molecule has 0 saturated heterocycles. The third kappa shape index (κ3) is 8.98. The third-order valence-electron chi connectivity index (χ3n) is 9.80. The lowest BCUT2D eigenvalue weighted by molar-refractivity contribution is -0.387. The van der Waals surface area contributed by atoms with E-state index in [1.54, 1.807) is 36.9 Å². The summed E-state index contributed by atoms with van der Waals surface area (Å²) in [6.45, 7) is 3.94. The predicted octanol–water partition coefficient (Wildman–Crippen LogP) is 8.32. The number of carbonyl (C=O) groups is 1. The Balaban J connectivity index is 0.00000641. The maximum absolute atomic E-state index is 14.0. The van der Waals surface area contributed by atoms with Gasteiger partial charge in [0.1, 0.15) is 17.3 Å². The zero-order valence-corrected chi connectivity index (χ0v) is 34.6. The van der Waals surface area contributed by atoms with Gasteiger partial charge in [0.15, 0.2) is 4.90 Å². The number of carbonyl (C=O) groups excluding carboxylic acids is 1. The summed E-state index contributed by atoms with van der Waals surface area (Å²) in [6.07, 6.45) is 2.15. The first-order valence-electron chi connectivity index (χ1n) is 18.6. The fourth-order valence-electron chi connectivity index (χ4n) is 7.36. The average molecular weight is 857 g/mol. The number of nitrogens with zero attached hydrogens (tertiary/aromatic N) is 4. The number of aryl methyl sites for hydroxylation is 3. The van der Waals surface area contributed by atoms with Crippen molar-refractivity contribution in [2.24, 2.45) is 7.05 Å². The van der Waals surface area contributed by atoms with Crippen molar-refractivity contribution in [3.8, 4) is 16.9 Å². The summed E-state index contributed by atoms with van der Waals surface area (Å²) in [4.78, 5) is 24.3. The zero-order chi connectivity index (χ0) is 40.9. The van der Waals surface area contributed by atoms with Crippen molar-refractivity contribution in [3.63, 3.8) is 0 Å². The monoisotopic (exact) mass is 855 g/mol. The summed E-state index contributed by atoms with van der Waals surface area (Å²) < 4.78 is 58.0. The average Bonchev–Trinajstić information content (AvgIpc) is 3.68. The molecule has 0 aliphatic heterocycles. The molecule has 0 saturated carbocycles. The van der Waals surface area contributed by atoms with Crippen molar-refractivity contribution in [1.29, 1.82) is 0 Å². The number of fused-ring (bicyclic) bond motifs is 2. The molecule has 2 N–H and O–H groups in total. The molecule has 13 nitrogen and oxygen atoms in total. The molecule has 2 heterocycles. The number of nitro benzene ring substituents is 1. The third-order valence-corrected chi connectivity index (χ3v) is 11.6. The predicted molar refractivity (Wildman–Crippen MR) is 223 cm³/mol. The molecule has 0 aliphatic rings. The number of esters is 1. The van der Waals surface area contributed by atoms with Crippen LogP contribution in [0, 0.1) is 15.9 Å². The lowest BCUT2D eigenvalue weighted by atomic mass is 9.97. The van der Waals surface area contributed by atoms with Crippen molar-refractivity contribution in [3.05, 3.63) is 116 Å². The van der Waals surface area contributed by atoms with Gasteiger partial charge in [-0.25, -0.2) is 22.3 Å². The van der Waals surface area contributed by atoms with Gasteiger partial charge in [-0.3, -0.25) is 14.8 Å². The molecule has 6 rings (SSSR count). The number of hydrogen-bond acceptors (Lipinski definition) is 9.